The van der Waals surface area contributed by atoms with Gasteiger partial charge in [-0.15, -0.1) is 6.42 Å². The predicted octanol–water partition coefficient (Wildman–Crippen LogP) is 1.51. The lowest BCUT2D eigenvalue weighted by Crippen LogP contribution is -2.40. The molecule has 2 rings (SSSR count). The number of aliphatic hydroxyl groups excluding tert-OH is 1. The van der Waals surface area contributed by atoms with Crippen LogP contribution in [0.3, 0.4) is 0 Å². The van der Waals surface area contributed by atoms with Gasteiger partial charge in [-0.3, -0.25) is 4.79 Å². The minimum atomic E-state index is 0.00486. The number of terminal acetylenes is 1. The SMILES string of the molecule is C#Cc1cccc(C(=O)N2CCCC(CO)C2)c1. The molecule has 0 aliphatic carbocycles. The van der Waals surface area contributed by atoms with Gasteiger partial charge >= 0.3 is 0 Å². The molecule has 3 heteroatoms. The maximum atomic E-state index is 12.3. The molecule has 0 radical (unpaired) electrons. The Balaban J connectivity index is 2.13. The number of piperidine rings is 1. The number of carbonyl (C=O) groups excluding carboxylic acids is 1. The number of likely N-dealkylation sites (tertiary alicyclic amines) is 1. The fraction of sp³-hybridized carbons (Fsp3) is 0.400. The van der Waals surface area contributed by atoms with E-state index >= 15 is 0 Å². The Morgan fingerprint density at radius 3 is 3.11 bits per heavy atom. The second-order valence-corrected chi connectivity index (χ2v) is 4.67. The van der Waals surface area contributed by atoms with Crippen molar-refractivity contribution in [1.29, 1.82) is 0 Å². The molecule has 1 amide bonds. The molecule has 0 saturated carbocycles. The monoisotopic (exact) mass is 243 g/mol. The van der Waals surface area contributed by atoms with Crippen LogP contribution >= 0.6 is 0 Å². The van der Waals surface area contributed by atoms with Gasteiger partial charge < -0.3 is 10.0 Å². The van der Waals surface area contributed by atoms with E-state index in [4.69, 9.17) is 6.42 Å². The molecule has 1 aromatic carbocycles. The van der Waals surface area contributed by atoms with E-state index in [2.05, 4.69) is 5.92 Å². The Morgan fingerprint density at radius 2 is 2.39 bits per heavy atom. The summed E-state index contributed by atoms with van der Waals surface area (Å²) in [6.07, 6.45) is 7.27. The number of carbonyl (C=O) groups is 1. The van der Waals surface area contributed by atoms with Crippen LogP contribution < -0.4 is 0 Å². The maximum Gasteiger partial charge on any atom is 0.253 e. The summed E-state index contributed by atoms with van der Waals surface area (Å²) in [5.41, 5.74) is 1.35. The Kier molecular flexibility index (Phi) is 4.01. The molecular formula is C15H17NO2. The average molecular weight is 243 g/mol. The molecule has 1 saturated heterocycles. The van der Waals surface area contributed by atoms with Crippen LogP contribution in [0.2, 0.25) is 0 Å². The number of nitrogens with zero attached hydrogens (tertiary/aromatic N) is 1. The molecule has 1 atom stereocenters. The zero-order valence-electron chi connectivity index (χ0n) is 10.3. The van der Waals surface area contributed by atoms with Crippen LogP contribution in [0.1, 0.15) is 28.8 Å². The van der Waals surface area contributed by atoms with Crippen LogP contribution in [0.15, 0.2) is 24.3 Å². The molecule has 18 heavy (non-hydrogen) atoms. The molecule has 1 heterocycles. The number of hydrogen-bond acceptors (Lipinski definition) is 2. The van der Waals surface area contributed by atoms with Crippen LogP contribution in [-0.2, 0) is 0 Å². The lowest BCUT2D eigenvalue weighted by atomic mass is 9.98. The van der Waals surface area contributed by atoms with E-state index in [0.717, 1.165) is 24.9 Å². The van der Waals surface area contributed by atoms with E-state index in [0.29, 0.717) is 12.1 Å². The van der Waals surface area contributed by atoms with Crippen molar-refractivity contribution in [3.05, 3.63) is 35.4 Å². The smallest absolute Gasteiger partial charge is 0.253 e. The Hall–Kier alpha value is -1.79. The van der Waals surface area contributed by atoms with Crippen molar-refractivity contribution < 1.29 is 9.90 Å². The van der Waals surface area contributed by atoms with Gasteiger partial charge in [-0.25, -0.2) is 0 Å². The molecule has 1 fully saturated rings. The highest BCUT2D eigenvalue weighted by Crippen LogP contribution is 2.18. The summed E-state index contributed by atoms with van der Waals surface area (Å²) in [6.45, 7) is 1.54. The van der Waals surface area contributed by atoms with Crippen LogP contribution in [-0.4, -0.2) is 35.6 Å². The fourth-order valence-corrected chi connectivity index (χ4v) is 2.32. The summed E-state index contributed by atoms with van der Waals surface area (Å²) in [7, 11) is 0. The first-order chi connectivity index (χ1) is 8.74. The summed E-state index contributed by atoms with van der Waals surface area (Å²) in [5, 5.41) is 9.18. The number of amides is 1. The largest absolute Gasteiger partial charge is 0.396 e. The lowest BCUT2D eigenvalue weighted by Gasteiger charge is -2.31. The van der Waals surface area contributed by atoms with Crippen molar-refractivity contribution in [2.45, 2.75) is 12.8 Å². The Labute approximate surface area is 107 Å². The average Bonchev–Trinajstić information content (AvgIpc) is 2.46. The van der Waals surface area contributed by atoms with Crippen molar-refractivity contribution >= 4 is 5.91 Å². The molecule has 0 spiro atoms. The van der Waals surface area contributed by atoms with E-state index in [9.17, 15) is 9.90 Å². The number of benzene rings is 1. The lowest BCUT2D eigenvalue weighted by molar-refractivity contribution is 0.0620. The van der Waals surface area contributed by atoms with Gasteiger partial charge in [-0.2, -0.15) is 0 Å². The van der Waals surface area contributed by atoms with Crippen molar-refractivity contribution in [1.82, 2.24) is 4.90 Å². The van der Waals surface area contributed by atoms with Crippen LogP contribution in [0.5, 0.6) is 0 Å². The topological polar surface area (TPSA) is 40.5 Å². The molecule has 0 bridgehead atoms. The standard InChI is InChI=1S/C15H17NO2/c1-2-12-5-3-7-14(9-12)15(18)16-8-4-6-13(10-16)11-17/h1,3,5,7,9,13,17H,4,6,8,10-11H2. The van der Waals surface area contributed by atoms with E-state index in [1.165, 1.54) is 0 Å². The molecular weight excluding hydrogens is 226 g/mol. The van der Waals surface area contributed by atoms with E-state index in [1.807, 2.05) is 6.07 Å². The third-order valence-electron chi connectivity index (χ3n) is 3.34. The van der Waals surface area contributed by atoms with E-state index in [-0.39, 0.29) is 18.4 Å². The van der Waals surface area contributed by atoms with Crippen LogP contribution in [0.25, 0.3) is 0 Å². The summed E-state index contributed by atoms with van der Waals surface area (Å²) >= 11 is 0. The first-order valence-electron chi connectivity index (χ1n) is 6.21. The Bertz CT molecular complexity index is 476. The molecule has 1 aliphatic heterocycles. The molecule has 1 aromatic rings. The quantitative estimate of drug-likeness (QED) is 0.800. The maximum absolute atomic E-state index is 12.3. The van der Waals surface area contributed by atoms with Crippen LogP contribution in [0, 0.1) is 18.3 Å². The zero-order valence-corrected chi connectivity index (χ0v) is 10.3. The van der Waals surface area contributed by atoms with E-state index in [1.54, 1.807) is 23.1 Å². The van der Waals surface area contributed by atoms with Crippen molar-refractivity contribution in [3.63, 3.8) is 0 Å². The highest BCUT2D eigenvalue weighted by Gasteiger charge is 2.23. The normalized spacial score (nSPS) is 19.3. The second-order valence-electron chi connectivity index (χ2n) is 4.67. The number of aliphatic hydroxyl groups is 1. The minimum absolute atomic E-state index is 0.00486. The fourth-order valence-electron chi connectivity index (χ4n) is 2.32. The first-order valence-corrected chi connectivity index (χ1v) is 6.21. The molecule has 0 aromatic heterocycles. The first kappa shape index (κ1) is 12.7. The third-order valence-corrected chi connectivity index (χ3v) is 3.34. The van der Waals surface area contributed by atoms with Gasteiger partial charge in [0.15, 0.2) is 0 Å². The van der Waals surface area contributed by atoms with Crippen molar-refractivity contribution in [2.24, 2.45) is 5.92 Å². The predicted molar refractivity (Wildman–Crippen MR) is 70.1 cm³/mol. The minimum Gasteiger partial charge on any atom is -0.396 e. The van der Waals surface area contributed by atoms with Gasteiger partial charge in [-0.1, -0.05) is 12.0 Å². The van der Waals surface area contributed by atoms with Gasteiger partial charge in [0.2, 0.25) is 0 Å². The second kappa shape index (κ2) is 5.70. The van der Waals surface area contributed by atoms with Gasteiger partial charge in [-0.05, 0) is 37.0 Å². The van der Waals surface area contributed by atoms with Crippen LogP contribution in [0.4, 0.5) is 0 Å². The summed E-state index contributed by atoms with van der Waals surface area (Å²) in [5.74, 6) is 2.75. The molecule has 1 aliphatic rings. The molecule has 1 unspecified atom stereocenters. The Morgan fingerprint density at radius 1 is 1.56 bits per heavy atom. The highest BCUT2D eigenvalue weighted by atomic mass is 16.3. The van der Waals surface area contributed by atoms with Crippen molar-refractivity contribution in [3.8, 4) is 12.3 Å². The highest BCUT2D eigenvalue weighted by molar-refractivity contribution is 5.94. The third kappa shape index (κ3) is 2.72. The summed E-state index contributed by atoms with van der Waals surface area (Å²) < 4.78 is 0. The van der Waals surface area contributed by atoms with Crippen molar-refractivity contribution in [2.75, 3.05) is 19.7 Å². The van der Waals surface area contributed by atoms with E-state index < -0.39 is 0 Å². The van der Waals surface area contributed by atoms with Gasteiger partial charge in [0.05, 0.1) is 0 Å². The van der Waals surface area contributed by atoms with Gasteiger partial charge in [0.25, 0.3) is 5.91 Å². The zero-order chi connectivity index (χ0) is 13.0. The van der Waals surface area contributed by atoms with Gasteiger partial charge in [0.1, 0.15) is 0 Å². The molecule has 1 N–H and O–H groups in total. The summed E-state index contributed by atoms with van der Waals surface area (Å²) in [4.78, 5) is 14.1. The summed E-state index contributed by atoms with van der Waals surface area (Å²) in [6, 6.07) is 7.13. The number of hydrogen-bond donors (Lipinski definition) is 1. The van der Waals surface area contributed by atoms with Gasteiger partial charge in [0, 0.05) is 30.8 Å². The molecule has 94 valence electrons. The molecule has 3 nitrogen and oxygen atoms in total. The number of rotatable bonds is 2.